The average molecular weight is 322 g/mol. The van der Waals surface area contributed by atoms with E-state index in [0.717, 1.165) is 0 Å². The van der Waals surface area contributed by atoms with Crippen molar-refractivity contribution in [1.82, 2.24) is 10.3 Å². The standard InChI is InChI=1S/C16H19FN2O4/c1-22-13-8-23-7-10(15(13)20)6-18-16(21)12-5-9-3-2-4-11(17)14(9)19-12/h2-5,10,13,15,19-20H,6-8H2,1H3,(H,18,21)/t10-,13-,15+/m1/s1. The molecule has 23 heavy (non-hydrogen) atoms. The Hall–Kier alpha value is -1.96. The normalized spacial score (nSPS) is 24.7. The molecule has 1 aliphatic rings. The molecule has 6 nitrogen and oxygen atoms in total. The second-order valence-corrected chi connectivity index (χ2v) is 5.66. The molecule has 3 atom stereocenters. The van der Waals surface area contributed by atoms with Crippen molar-refractivity contribution in [3.63, 3.8) is 0 Å². The molecule has 0 radical (unpaired) electrons. The summed E-state index contributed by atoms with van der Waals surface area (Å²) in [7, 11) is 1.51. The van der Waals surface area contributed by atoms with Crippen LogP contribution in [0.3, 0.4) is 0 Å². The van der Waals surface area contributed by atoms with Gasteiger partial charge in [0, 0.05) is 25.0 Å². The minimum absolute atomic E-state index is 0.248. The number of aromatic nitrogens is 1. The maximum Gasteiger partial charge on any atom is 0.267 e. The summed E-state index contributed by atoms with van der Waals surface area (Å²) < 4.78 is 24.2. The maximum atomic E-state index is 13.6. The minimum atomic E-state index is -0.700. The van der Waals surface area contributed by atoms with Crippen LogP contribution in [0.25, 0.3) is 10.9 Å². The average Bonchev–Trinajstić information content (AvgIpc) is 2.99. The van der Waals surface area contributed by atoms with Crippen molar-refractivity contribution in [3.8, 4) is 0 Å². The smallest absolute Gasteiger partial charge is 0.267 e. The van der Waals surface area contributed by atoms with Gasteiger partial charge in [0.05, 0.1) is 24.8 Å². The van der Waals surface area contributed by atoms with Crippen molar-refractivity contribution in [1.29, 1.82) is 0 Å². The zero-order valence-electron chi connectivity index (χ0n) is 12.7. The third-order valence-corrected chi connectivity index (χ3v) is 4.16. The topological polar surface area (TPSA) is 83.6 Å². The number of aromatic amines is 1. The van der Waals surface area contributed by atoms with Gasteiger partial charge in [0.15, 0.2) is 0 Å². The second kappa shape index (κ2) is 6.66. The van der Waals surface area contributed by atoms with Crippen LogP contribution in [0.15, 0.2) is 24.3 Å². The Morgan fingerprint density at radius 1 is 1.52 bits per heavy atom. The first kappa shape index (κ1) is 15.9. The molecule has 0 saturated carbocycles. The predicted octanol–water partition coefficient (Wildman–Crippen LogP) is 1.06. The van der Waals surface area contributed by atoms with E-state index in [0.29, 0.717) is 24.1 Å². The molecule has 1 fully saturated rings. The maximum absolute atomic E-state index is 13.6. The Kier molecular flexibility index (Phi) is 4.61. The molecule has 0 unspecified atom stereocenters. The van der Waals surface area contributed by atoms with Gasteiger partial charge in [-0.2, -0.15) is 0 Å². The van der Waals surface area contributed by atoms with E-state index in [9.17, 15) is 14.3 Å². The fourth-order valence-corrected chi connectivity index (χ4v) is 2.78. The molecule has 7 heteroatoms. The van der Waals surface area contributed by atoms with Gasteiger partial charge in [-0.05, 0) is 12.1 Å². The first-order chi connectivity index (χ1) is 11.1. The summed E-state index contributed by atoms with van der Waals surface area (Å²) in [5, 5.41) is 13.5. The van der Waals surface area contributed by atoms with Gasteiger partial charge >= 0.3 is 0 Å². The van der Waals surface area contributed by atoms with E-state index in [-0.39, 0.29) is 24.1 Å². The Labute approximate surface area is 132 Å². The highest BCUT2D eigenvalue weighted by Crippen LogP contribution is 2.19. The monoisotopic (exact) mass is 322 g/mol. The summed E-state index contributed by atoms with van der Waals surface area (Å²) in [4.78, 5) is 15.0. The van der Waals surface area contributed by atoms with Gasteiger partial charge in [0.1, 0.15) is 17.6 Å². The van der Waals surface area contributed by atoms with Crippen LogP contribution in [0.4, 0.5) is 4.39 Å². The lowest BCUT2D eigenvalue weighted by molar-refractivity contribution is -0.132. The number of ether oxygens (including phenoxy) is 2. The van der Waals surface area contributed by atoms with E-state index in [4.69, 9.17) is 9.47 Å². The summed E-state index contributed by atoms with van der Waals surface area (Å²) in [6.07, 6.45) is -1.10. The summed E-state index contributed by atoms with van der Waals surface area (Å²) in [6, 6.07) is 6.25. The highest BCUT2D eigenvalue weighted by molar-refractivity contribution is 5.98. The Balaban J connectivity index is 1.65. The molecular weight excluding hydrogens is 303 g/mol. The van der Waals surface area contributed by atoms with Gasteiger partial charge < -0.3 is 24.9 Å². The van der Waals surface area contributed by atoms with Crippen LogP contribution >= 0.6 is 0 Å². The molecule has 2 aromatic rings. The van der Waals surface area contributed by atoms with Gasteiger partial charge in [-0.3, -0.25) is 4.79 Å². The molecule has 3 rings (SSSR count). The minimum Gasteiger partial charge on any atom is -0.390 e. The van der Waals surface area contributed by atoms with E-state index in [1.165, 1.54) is 13.2 Å². The number of carbonyl (C=O) groups is 1. The molecule has 0 bridgehead atoms. The Bertz CT molecular complexity index is 702. The number of nitrogens with one attached hydrogen (secondary N) is 2. The molecule has 0 spiro atoms. The number of carbonyl (C=O) groups excluding carboxylic acids is 1. The Morgan fingerprint density at radius 2 is 2.35 bits per heavy atom. The number of benzene rings is 1. The van der Waals surface area contributed by atoms with E-state index in [2.05, 4.69) is 10.3 Å². The fourth-order valence-electron chi connectivity index (χ4n) is 2.78. The van der Waals surface area contributed by atoms with Crippen LogP contribution in [-0.4, -0.2) is 55.1 Å². The van der Waals surface area contributed by atoms with E-state index >= 15 is 0 Å². The van der Waals surface area contributed by atoms with E-state index in [1.54, 1.807) is 18.2 Å². The Morgan fingerprint density at radius 3 is 3.09 bits per heavy atom. The molecule has 1 amide bonds. The van der Waals surface area contributed by atoms with Crippen molar-refractivity contribution in [2.45, 2.75) is 12.2 Å². The molecule has 1 aromatic carbocycles. The predicted molar refractivity (Wildman–Crippen MR) is 81.7 cm³/mol. The highest BCUT2D eigenvalue weighted by Gasteiger charge is 2.32. The second-order valence-electron chi connectivity index (χ2n) is 5.66. The van der Waals surface area contributed by atoms with Crippen LogP contribution < -0.4 is 5.32 Å². The highest BCUT2D eigenvalue weighted by atomic mass is 19.1. The molecular formula is C16H19FN2O4. The van der Waals surface area contributed by atoms with E-state index in [1.807, 2.05) is 0 Å². The number of methoxy groups -OCH3 is 1. The van der Waals surface area contributed by atoms with Crippen molar-refractivity contribution in [3.05, 3.63) is 35.8 Å². The van der Waals surface area contributed by atoms with Crippen molar-refractivity contribution in [2.75, 3.05) is 26.9 Å². The third kappa shape index (κ3) is 3.21. The van der Waals surface area contributed by atoms with Crippen LogP contribution in [0.1, 0.15) is 10.5 Å². The molecule has 124 valence electrons. The molecule has 0 aliphatic carbocycles. The van der Waals surface area contributed by atoms with Gasteiger partial charge in [-0.15, -0.1) is 0 Å². The van der Waals surface area contributed by atoms with Crippen LogP contribution in [0, 0.1) is 11.7 Å². The molecule has 3 N–H and O–H groups in total. The van der Waals surface area contributed by atoms with Gasteiger partial charge in [0.2, 0.25) is 0 Å². The van der Waals surface area contributed by atoms with Crippen molar-refractivity contribution in [2.24, 2.45) is 5.92 Å². The summed E-state index contributed by atoms with van der Waals surface area (Å²) in [5.41, 5.74) is 0.581. The number of hydrogen-bond donors (Lipinski definition) is 3. The number of halogens is 1. The molecule has 1 aromatic heterocycles. The van der Waals surface area contributed by atoms with E-state index < -0.39 is 18.0 Å². The molecule has 1 saturated heterocycles. The van der Waals surface area contributed by atoms with Crippen LogP contribution in [-0.2, 0) is 9.47 Å². The van der Waals surface area contributed by atoms with Gasteiger partial charge in [-0.1, -0.05) is 12.1 Å². The first-order valence-electron chi connectivity index (χ1n) is 7.44. The summed E-state index contributed by atoms with van der Waals surface area (Å²) in [6.45, 7) is 0.934. The van der Waals surface area contributed by atoms with Gasteiger partial charge in [-0.25, -0.2) is 4.39 Å². The number of para-hydroxylation sites is 1. The number of aliphatic hydroxyl groups is 1. The largest absolute Gasteiger partial charge is 0.390 e. The van der Waals surface area contributed by atoms with Crippen LogP contribution in [0.2, 0.25) is 0 Å². The number of fused-ring (bicyclic) bond motifs is 1. The zero-order valence-corrected chi connectivity index (χ0v) is 12.7. The third-order valence-electron chi connectivity index (χ3n) is 4.16. The lowest BCUT2D eigenvalue weighted by Gasteiger charge is -2.33. The van der Waals surface area contributed by atoms with Crippen LogP contribution in [0.5, 0.6) is 0 Å². The number of H-pyrrole nitrogens is 1. The SMILES string of the molecule is CO[C@@H]1COC[C@@H](CNC(=O)c2cc3cccc(F)c3[nH]2)[C@@H]1O. The number of amides is 1. The molecule has 1 aliphatic heterocycles. The van der Waals surface area contributed by atoms with Crippen molar-refractivity contribution < 1.29 is 23.8 Å². The van der Waals surface area contributed by atoms with Gasteiger partial charge in [0.25, 0.3) is 5.91 Å². The number of hydrogen-bond acceptors (Lipinski definition) is 4. The molecule has 2 heterocycles. The first-order valence-corrected chi connectivity index (χ1v) is 7.44. The summed E-state index contributed by atoms with van der Waals surface area (Å²) in [5.74, 6) is -1.01. The quantitative estimate of drug-likeness (QED) is 0.786. The number of aliphatic hydroxyl groups excluding tert-OH is 1. The van der Waals surface area contributed by atoms with Crippen molar-refractivity contribution >= 4 is 16.8 Å². The summed E-state index contributed by atoms with van der Waals surface area (Å²) >= 11 is 0. The lowest BCUT2D eigenvalue weighted by atomic mass is 9.96. The zero-order chi connectivity index (χ0) is 16.4. The fraction of sp³-hybridized carbons (Fsp3) is 0.438. The number of rotatable bonds is 4. The lowest BCUT2D eigenvalue weighted by Crippen LogP contribution is -2.49.